The maximum Gasteiger partial charge on any atom is 0.323 e. The van der Waals surface area contributed by atoms with Crippen molar-refractivity contribution in [1.29, 1.82) is 0 Å². The van der Waals surface area contributed by atoms with Crippen LogP contribution in [0.2, 0.25) is 0 Å². The molecule has 0 spiro atoms. The van der Waals surface area contributed by atoms with Crippen LogP contribution in [0.4, 0.5) is 0 Å². The molecule has 12 heteroatoms. The van der Waals surface area contributed by atoms with E-state index in [4.69, 9.17) is 0 Å². The number of thiophene rings is 1. The summed E-state index contributed by atoms with van der Waals surface area (Å²) in [6.07, 6.45) is 1.01. The van der Waals surface area contributed by atoms with Gasteiger partial charge in [0.1, 0.15) is 6.04 Å². The van der Waals surface area contributed by atoms with E-state index >= 15 is 0 Å². The van der Waals surface area contributed by atoms with E-state index in [1.165, 1.54) is 29.5 Å². The van der Waals surface area contributed by atoms with E-state index in [1.54, 1.807) is 6.07 Å². The molecule has 4 rings (SSSR count). The lowest BCUT2D eigenvalue weighted by Crippen LogP contribution is -2.54. The van der Waals surface area contributed by atoms with Gasteiger partial charge < -0.3 is 20.9 Å². The molecule has 1 aromatic carbocycles. The standard InChI is InChI=1S/C26H32N4O6S2/c1-17(2)14-20(28-26(33)23-15-18-8-3-4-10-22(18)37-23)25(32)27-19-9-7-12-29(16-21(19)31)38(35,36)24-11-5-6-13-30(24)34/h3-6,8,10-11,13,15,17,19-21,31H,7,9,12,14,16H2,1-2H3,(H,27,32)(H,28,33)/t19?,20?,21-/m0/s1. The highest BCUT2D eigenvalue weighted by Gasteiger charge is 2.37. The third-order valence-electron chi connectivity index (χ3n) is 6.48. The second-order valence-electron chi connectivity index (χ2n) is 9.86. The van der Waals surface area contributed by atoms with Crippen LogP contribution < -0.4 is 15.4 Å². The number of aliphatic hydroxyl groups excluding tert-OH is 1. The number of benzene rings is 1. The first-order chi connectivity index (χ1) is 18.1. The van der Waals surface area contributed by atoms with Gasteiger partial charge in [0.25, 0.3) is 5.91 Å². The Balaban J connectivity index is 1.44. The zero-order chi connectivity index (χ0) is 27.4. The average Bonchev–Trinajstić information content (AvgIpc) is 3.22. The van der Waals surface area contributed by atoms with Gasteiger partial charge >= 0.3 is 15.0 Å². The molecular formula is C26H32N4O6S2. The predicted molar refractivity (Wildman–Crippen MR) is 144 cm³/mol. The lowest BCUT2D eigenvalue weighted by molar-refractivity contribution is -0.646. The lowest BCUT2D eigenvalue weighted by Gasteiger charge is -2.27. The first kappa shape index (κ1) is 28.0. The molecule has 2 amide bonds. The highest BCUT2D eigenvalue weighted by Crippen LogP contribution is 2.25. The Morgan fingerprint density at radius 1 is 1.21 bits per heavy atom. The largest absolute Gasteiger partial charge is 0.618 e. The van der Waals surface area contributed by atoms with Crippen LogP contribution >= 0.6 is 11.3 Å². The van der Waals surface area contributed by atoms with E-state index in [9.17, 15) is 28.3 Å². The molecule has 0 radical (unpaired) electrons. The van der Waals surface area contributed by atoms with Gasteiger partial charge in [-0.1, -0.05) is 32.0 Å². The Kier molecular flexibility index (Phi) is 8.66. The van der Waals surface area contributed by atoms with Crippen LogP contribution in [0, 0.1) is 11.1 Å². The molecule has 0 saturated carbocycles. The van der Waals surface area contributed by atoms with Crippen LogP contribution in [0.3, 0.4) is 0 Å². The fourth-order valence-corrected chi connectivity index (χ4v) is 7.04. The van der Waals surface area contributed by atoms with Crippen molar-refractivity contribution in [2.75, 3.05) is 13.1 Å². The normalized spacial score (nSPS) is 19.7. The Morgan fingerprint density at radius 3 is 2.66 bits per heavy atom. The van der Waals surface area contributed by atoms with Crippen LogP contribution in [0.15, 0.2) is 59.8 Å². The molecule has 3 heterocycles. The Labute approximate surface area is 225 Å². The Bertz CT molecular complexity index is 1370. The number of sulfonamides is 1. The van der Waals surface area contributed by atoms with E-state index in [-0.39, 0.29) is 29.6 Å². The van der Waals surface area contributed by atoms with Gasteiger partial charge in [-0.15, -0.1) is 11.3 Å². The van der Waals surface area contributed by atoms with Crippen LogP contribution in [0.1, 0.15) is 42.8 Å². The number of pyridine rings is 1. The highest BCUT2D eigenvalue weighted by atomic mass is 32.2. The molecule has 2 unspecified atom stereocenters. The zero-order valence-corrected chi connectivity index (χ0v) is 22.9. The number of aliphatic hydroxyl groups is 1. The number of amides is 2. The second kappa shape index (κ2) is 11.8. The molecule has 3 atom stereocenters. The summed E-state index contributed by atoms with van der Waals surface area (Å²) in [5, 5.41) is 29.1. The SMILES string of the molecule is CC(C)CC(NC(=O)c1cc2ccccc2s1)C(=O)NC1CCCN(S(=O)(=O)c2cccc[n+]2[O-])C[C@@H]1O. The molecule has 1 fully saturated rings. The van der Waals surface area contributed by atoms with Crippen LogP contribution in [0.25, 0.3) is 10.1 Å². The maximum absolute atomic E-state index is 13.3. The van der Waals surface area contributed by atoms with Crippen LogP contribution in [0.5, 0.6) is 0 Å². The number of nitrogens with one attached hydrogen (secondary N) is 2. The summed E-state index contributed by atoms with van der Waals surface area (Å²) >= 11 is 1.35. The Morgan fingerprint density at radius 2 is 1.95 bits per heavy atom. The van der Waals surface area contributed by atoms with Crippen LogP contribution in [-0.2, 0) is 14.8 Å². The molecule has 0 aliphatic carbocycles. The van der Waals surface area contributed by atoms with Crippen molar-refractivity contribution < 1.29 is 27.8 Å². The first-order valence-corrected chi connectivity index (χ1v) is 14.8. The van der Waals surface area contributed by atoms with Crippen molar-refractivity contribution >= 4 is 43.3 Å². The summed E-state index contributed by atoms with van der Waals surface area (Å²) in [5.41, 5.74) is 0. The molecular weight excluding hydrogens is 528 g/mol. The molecule has 204 valence electrons. The summed E-state index contributed by atoms with van der Waals surface area (Å²) in [5.74, 6) is -0.675. The first-order valence-electron chi connectivity index (χ1n) is 12.5. The van der Waals surface area contributed by atoms with Gasteiger partial charge in [0.2, 0.25) is 5.91 Å². The molecule has 1 aliphatic rings. The Hall–Kier alpha value is -3.06. The van der Waals surface area contributed by atoms with E-state index in [0.717, 1.165) is 20.6 Å². The molecule has 38 heavy (non-hydrogen) atoms. The van der Waals surface area contributed by atoms with Crippen molar-refractivity contribution in [1.82, 2.24) is 14.9 Å². The second-order valence-corrected chi connectivity index (χ2v) is 12.8. The summed E-state index contributed by atoms with van der Waals surface area (Å²) < 4.78 is 28.4. The quantitative estimate of drug-likeness (QED) is 0.284. The number of hydrogen-bond acceptors (Lipinski definition) is 7. The fourth-order valence-electron chi connectivity index (χ4n) is 4.55. The molecule has 10 nitrogen and oxygen atoms in total. The van der Waals surface area contributed by atoms with Gasteiger partial charge in [-0.05, 0) is 48.8 Å². The van der Waals surface area contributed by atoms with Crippen LogP contribution in [-0.4, -0.2) is 60.9 Å². The smallest absolute Gasteiger partial charge is 0.323 e. The van der Waals surface area contributed by atoms with E-state index in [2.05, 4.69) is 10.6 Å². The number of nitrogens with zero attached hydrogens (tertiary/aromatic N) is 2. The number of aromatic nitrogens is 1. The van der Waals surface area contributed by atoms with Gasteiger partial charge in [0, 0.05) is 29.9 Å². The molecule has 1 saturated heterocycles. The third-order valence-corrected chi connectivity index (χ3v) is 9.45. The topological polar surface area (TPSA) is 143 Å². The zero-order valence-electron chi connectivity index (χ0n) is 21.2. The predicted octanol–water partition coefficient (Wildman–Crippen LogP) is 2.01. The van der Waals surface area contributed by atoms with Gasteiger partial charge in [-0.2, -0.15) is 9.04 Å². The van der Waals surface area contributed by atoms with Crippen molar-refractivity contribution in [3.8, 4) is 0 Å². The molecule has 1 aliphatic heterocycles. The summed E-state index contributed by atoms with van der Waals surface area (Å²) in [6.45, 7) is 3.71. The number of β-amino-alcohol motifs (C(OH)–C–C–N with tert-alkyl or cyclic N) is 1. The third kappa shape index (κ3) is 6.32. The number of rotatable bonds is 8. The molecule has 3 aromatic rings. The summed E-state index contributed by atoms with van der Waals surface area (Å²) in [4.78, 5) is 26.8. The van der Waals surface area contributed by atoms with Crippen molar-refractivity contribution in [3.05, 3.63) is 64.8 Å². The van der Waals surface area contributed by atoms with E-state index < -0.39 is 39.1 Å². The van der Waals surface area contributed by atoms with Crippen molar-refractivity contribution in [2.45, 2.75) is 56.3 Å². The van der Waals surface area contributed by atoms with Gasteiger partial charge in [-0.25, -0.2) is 8.42 Å². The summed E-state index contributed by atoms with van der Waals surface area (Å²) in [6, 6.07) is 12.0. The van der Waals surface area contributed by atoms with Gasteiger partial charge in [0.05, 0.1) is 17.0 Å². The van der Waals surface area contributed by atoms with E-state index in [1.807, 2.05) is 38.1 Å². The number of fused-ring (bicyclic) bond motifs is 1. The van der Waals surface area contributed by atoms with Crippen molar-refractivity contribution in [2.24, 2.45) is 5.92 Å². The fraction of sp³-hybridized carbons (Fsp3) is 0.423. The average molecular weight is 561 g/mol. The molecule has 0 bridgehead atoms. The van der Waals surface area contributed by atoms with Gasteiger partial charge in [-0.3, -0.25) is 9.59 Å². The molecule has 3 N–H and O–H groups in total. The van der Waals surface area contributed by atoms with E-state index in [0.29, 0.717) is 24.1 Å². The minimum atomic E-state index is -4.14. The summed E-state index contributed by atoms with van der Waals surface area (Å²) in [7, 11) is -4.14. The monoisotopic (exact) mass is 560 g/mol. The number of carbonyl (C=O) groups is 2. The lowest BCUT2D eigenvalue weighted by atomic mass is 10.0. The maximum atomic E-state index is 13.3. The minimum Gasteiger partial charge on any atom is -0.618 e. The molecule has 2 aromatic heterocycles. The number of carbonyl (C=O) groups excluding carboxylic acids is 2. The van der Waals surface area contributed by atoms with Crippen molar-refractivity contribution in [3.63, 3.8) is 0 Å². The highest BCUT2D eigenvalue weighted by molar-refractivity contribution is 7.88. The van der Waals surface area contributed by atoms with Gasteiger partial charge in [0.15, 0.2) is 6.20 Å². The number of hydrogen-bond donors (Lipinski definition) is 3. The minimum absolute atomic E-state index is 0.0960.